The smallest absolute Gasteiger partial charge is 0.261 e. The van der Waals surface area contributed by atoms with Crippen LogP contribution >= 0.6 is 0 Å². The molecular weight excluding hydrogens is 462 g/mol. The summed E-state index contributed by atoms with van der Waals surface area (Å²) in [5.41, 5.74) is 4.54. The number of carbonyl (C=O) groups excluding carboxylic acids is 2. The molecule has 3 aromatic carbocycles. The summed E-state index contributed by atoms with van der Waals surface area (Å²) in [4.78, 5) is 33.6. The van der Waals surface area contributed by atoms with Crippen molar-refractivity contribution in [1.29, 1.82) is 0 Å². The van der Waals surface area contributed by atoms with Gasteiger partial charge in [0.25, 0.3) is 5.91 Å². The maximum atomic E-state index is 13.6. The van der Waals surface area contributed by atoms with E-state index < -0.39 is 0 Å². The molecule has 4 aromatic rings. The highest BCUT2D eigenvalue weighted by Crippen LogP contribution is 2.27. The number of carbonyl (C=O) groups is 2. The van der Waals surface area contributed by atoms with Crippen molar-refractivity contribution in [3.63, 3.8) is 0 Å². The first-order chi connectivity index (χ1) is 18.1. The number of aryl methyl sites for hydroxylation is 1. The van der Waals surface area contributed by atoms with E-state index in [2.05, 4.69) is 48.3 Å². The van der Waals surface area contributed by atoms with E-state index in [0.29, 0.717) is 18.8 Å². The van der Waals surface area contributed by atoms with Crippen LogP contribution in [0.25, 0.3) is 10.9 Å². The van der Waals surface area contributed by atoms with Gasteiger partial charge in [0, 0.05) is 36.2 Å². The van der Waals surface area contributed by atoms with Crippen LogP contribution in [-0.4, -0.2) is 52.3 Å². The molecule has 1 heterocycles. The van der Waals surface area contributed by atoms with E-state index >= 15 is 0 Å². The molecule has 0 bridgehead atoms. The van der Waals surface area contributed by atoms with Gasteiger partial charge in [-0.05, 0) is 55.5 Å². The van der Waals surface area contributed by atoms with Crippen LogP contribution in [0.5, 0.6) is 5.75 Å². The van der Waals surface area contributed by atoms with Crippen LogP contribution in [0, 0.1) is 6.92 Å². The van der Waals surface area contributed by atoms with Crippen molar-refractivity contribution < 1.29 is 14.3 Å². The standard InChI is InChI=1S/C31H33N3O3/c1-23-11-13-24(14-12-23)20-33(18-17-25-19-32-29-10-6-5-9-28(25)29)30(35)21-34(26-15-16-26)31(36)22-37-27-7-3-2-4-8-27/h2-14,19,26,32H,15-18,20-22H2,1H3. The molecule has 0 radical (unpaired) electrons. The number of rotatable bonds is 11. The number of para-hydroxylation sites is 2. The van der Waals surface area contributed by atoms with Gasteiger partial charge in [-0.3, -0.25) is 9.59 Å². The maximum Gasteiger partial charge on any atom is 0.261 e. The predicted octanol–water partition coefficient (Wildman–Crippen LogP) is 5.12. The van der Waals surface area contributed by atoms with Gasteiger partial charge in [-0.15, -0.1) is 0 Å². The van der Waals surface area contributed by atoms with E-state index in [1.165, 1.54) is 16.5 Å². The number of fused-ring (bicyclic) bond motifs is 1. The van der Waals surface area contributed by atoms with Gasteiger partial charge in [-0.25, -0.2) is 0 Å². The van der Waals surface area contributed by atoms with Gasteiger partial charge < -0.3 is 19.5 Å². The minimum Gasteiger partial charge on any atom is -0.484 e. The van der Waals surface area contributed by atoms with Gasteiger partial charge in [0.05, 0.1) is 0 Å². The van der Waals surface area contributed by atoms with Gasteiger partial charge in [0.2, 0.25) is 5.91 Å². The number of ether oxygens (including phenoxy) is 1. The van der Waals surface area contributed by atoms with E-state index in [0.717, 1.165) is 30.3 Å². The monoisotopic (exact) mass is 495 g/mol. The largest absolute Gasteiger partial charge is 0.484 e. The molecule has 1 saturated carbocycles. The second-order valence-corrected chi connectivity index (χ2v) is 9.76. The van der Waals surface area contributed by atoms with Crippen molar-refractivity contribution in [2.45, 2.75) is 38.8 Å². The summed E-state index contributed by atoms with van der Waals surface area (Å²) in [5.74, 6) is 0.463. The molecule has 1 fully saturated rings. The molecule has 0 aliphatic heterocycles. The zero-order valence-electron chi connectivity index (χ0n) is 21.2. The molecule has 5 rings (SSSR count). The van der Waals surface area contributed by atoms with Crippen molar-refractivity contribution in [2.24, 2.45) is 0 Å². The van der Waals surface area contributed by atoms with Crippen LogP contribution in [0.15, 0.2) is 85.1 Å². The van der Waals surface area contributed by atoms with E-state index in [-0.39, 0.29) is 31.0 Å². The fourth-order valence-corrected chi connectivity index (χ4v) is 4.60. The zero-order valence-corrected chi connectivity index (χ0v) is 21.2. The van der Waals surface area contributed by atoms with E-state index in [4.69, 9.17) is 4.74 Å². The highest BCUT2D eigenvalue weighted by Gasteiger charge is 2.35. The van der Waals surface area contributed by atoms with Crippen molar-refractivity contribution >= 4 is 22.7 Å². The number of hydrogen-bond acceptors (Lipinski definition) is 3. The van der Waals surface area contributed by atoms with Gasteiger partial charge in [-0.1, -0.05) is 66.2 Å². The summed E-state index contributed by atoms with van der Waals surface area (Å²) in [6.07, 6.45) is 4.62. The van der Waals surface area contributed by atoms with Gasteiger partial charge in [0.15, 0.2) is 6.61 Å². The van der Waals surface area contributed by atoms with Crippen molar-refractivity contribution in [3.8, 4) is 5.75 Å². The Hall–Kier alpha value is -4.06. The van der Waals surface area contributed by atoms with Crippen molar-refractivity contribution in [2.75, 3.05) is 19.7 Å². The lowest BCUT2D eigenvalue weighted by Gasteiger charge is -2.28. The lowest BCUT2D eigenvalue weighted by atomic mass is 10.1. The molecule has 1 N–H and O–H groups in total. The number of nitrogens with zero attached hydrogens (tertiary/aromatic N) is 2. The quantitative estimate of drug-likeness (QED) is 0.314. The molecule has 6 heteroatoms. The molecule has 2 amide bonds. The average Bonchev–Trinajstić information content (AvgIpc) is 3.69. The molecule has 190 valence electrons. The fourth-order valence-electron chi connectivity index (χ4n) is 4.60. The molecule has 0 unspecified atom stereocenters. The molecule has 6 nitrogen and oxygen atoms in total. The Morgan fingerprint density at radius 1 is 0.919 bits per heavy atom. The van der Waals surface area contributed by atoms with E-state index in [9.17, 15) is 9.59 Å². The number of nitrogens with one attached hydrogen (secondary N) is 1. The van der Waals surface area contributed by atoms with E-state index in [1.54, 1.807) is 4.90 Å². The Morgan fingerprint density at radius 2 is 1.65 bits per heavy atom. The number of benzene rings is 3. The molecular formula is C31H33N3O3. The number of H-pyrrole nitrogens is 1. The van der Waals surface area contributed by atoms with Gasteiger partial charge in [-0.2, -0.15) is 0 Å². The molecule has 0 saturated heterocycles. The predicted molar refractivity (Wildman–Crippen MR) is 145 cm³/mol. The van der Waals surface area contributed by atoms with Crippen LogP contribution < -0.4 is 4.74 Å². The number of amides is 2. The second-order valence-electron chi connectivity index (χ2n) is 9.76. The van der Waals surface area contributed by atoms with Gasteiger partial charge in [0.1, 0.15) is 12.3 Å². The molecule has 0 atom stereocenters. The normalized spacial score (nSPS) is 12.9. The Labute approximate surface area is 217 Å². The minimum atomic E-state index is -0.147. The lowest BCUT2D eigenvalue weighted by molar-refractivity contribution is -0.142. The summed E-state index contributed by atoms with van der Waals surface area (Å²) in [6.45, 7) is 3.14. The summed E-state index contributed by atoms with van der Waals surface area (Å²) in [7, 11) is 0. The molecule has 37 heavy (non-hydrogen) atoms. The molecule has 0 spiro atoms. The number of aromatic amines is 1. The summed E-state index contributed by atoms with van der Waals surface area (Å²) in [5, 5.41) is 1.18. The van der Waals surface area contributed by atoms with Gasteiger partial charge >= 0.3 is 0 Å². The minimum absolute atomic E-state index is 0.0413. The van der Waals surface area contributed by atoms with Crippen LogP contribution in [0.4, 0.5) is 0 Å². The SMILES string of the molecule is Cc1ccc(CN(CCc2c[nH]c3ccccc23)C(=O)CN(C(=O)COc2ccccc2)C2CC2)cc1. The highest BCUT2D eigenvalue weighted by atomic mass is 16.5. The molecule has 1 aliphatic rings. The van der Waals surface area contributed by atoms with Crippen LogP contribution in [-0.2, 0) is 22.6 Å². The first-order valence-corrected chi connectivity index (χ1v) is 12.9. The topological polar surface area (TPSA) is 65.6 Å². The van der Waals surface area contributed by atoms with Crippen LogP contribution in [0.1, 0.15) is 29.5 Å². The third-order valence-electron chi connectivity index (χ3n) is 6.89. The Kier molecular flexibility index (Phi) is 7.54. The molecule has 1 aliphatic carbocycles. The van der Waals surface area contributed by atoms with Crippen LogP contribution in [0.2, 0.25) is 0 Å². The maximum absolute atomic E-state index is 13.6. The second kappa shape index (κ2) is 11.3. The Bertz CT molecular complexity index is 1340. The first kappa shape index (κ1) is 24.6. The highest BCUT2D eigenvalue weighted by molar-refractivity contribution is 5.86. The summed E-state index contributed by atoms with van der Waals surface area (Å²) in [6, 6.07) is 25.9. The summed E-state index contributed by atoms with van der Waals surface area (Å²) >= 11 is 0. The first-order valence-electron chi connectivity index (χ1n) is 12.9. The van der Waals surface area contributed by atoms with Crippen LogP contribution in [0.3, 0.4) is 0 Å². The van der Waals surface area contributed by atoms with Crippen molar-refractivity contribution in [1.82, 2.24) is 14.8 Å². The molecule has 1 aromatic heterocycles. The van der Waals surface area contributed by atoms with E-state index in [1.807, 2.05) is 53.6 Å². The number of aromatic nitrogens is 1. The third kappa shape index (κ3) is 6.39. The Balaban J connectivity index is 1.28. The van der Waals surface area contributed by atoms with Crippen molar-refractivity contribution in [3.05, 3.63) is 102 Å². The fraction of sp³-hybridized carbons (Fsp3) is 0.290. The zero-order chi connectivity index (χ0) is 25.6. The average molecular weight is 496 g/mol. The Morgan fingerprint density at radius 3 is 2.41 bits per heavy atom. The summed E-state index contributed by atoms with van der Waals surface area (Å²) < 4.78 is 5.69. The number of hydrogen-bond donors (Lipinski definition) is 1. The lowest BCUT2D eigenvalue weighted by Crippen LogP contribution is -2.45. The third-order valence-corrected chi connectivity index (χ3v) is 6.89.